The van der Waals surface area contributed by atoms with Crippen LogP contribution in [-0.4, -0.2) is 50.8 Å². The Morgan fingerprint density at radius 1 is 1.07 bits per heavy atom. The standard InChI is InChI=1S/C23H30N2O4S/c1-17-5-8-21(9-6-17)30(27,28)25-13-11-19(12-14-25)23(26)24(3)16-20-15-18(2)7-10-22(20)29-4/h5-10,15,19H,11-14,16H2,1-4H3. The lowest BCUT2D eigenvalue weighted by Gasteiger charge is -2.32. The second-order valence-electron chi connectivity index (χ2n) is 8.00. The fraction of sp³-hybridized carbons (Fsp3) is 0.435. The van der Waals surface area contributed by atoms with E-state index in [1.54, 1.807) is 43.3 Å². The quantitative estimate of drug-likeness (QED) is 0.705. The van der Waals surface area contributed by atoms with Crippen LogP contribution in [0.15, 0.2) is 47.4 Å². The lowest BCUT2D eigenvalue weighted by Crippen LogP contribution is -2.43. The Labute approximate surface area is 179 Å². The highest BCUT2D eigenvalue weighted by atomic mass is 32.2. The molecule has 2 aromatic rings. The molecule has 2 aromatic carbocycles. The minimum Gasteiger partial charge on any atom is -0.496 e. The molecular formula is C23H30N2O4S. The van der Waals surface area contributed by atoms with Gasteiger partial charge in [-0.2, -0.15) is 4.31 Å². The summed E-state index contributed by atoms with van der Waals surface area (Å²) in [5, 5.41) is 0. The number of methoxy groups -OCH3 is 1. The minimum absolute atomic E-state index is 0.0472. The lowest BCUT2D eigenvalue weighted by atomic mass is 9.96. The van der Waals surface area contributed by atoms with Crippen molar-refractivity contribution in [2.24, 2.45) is 5.92 Å². The van der Waals surface area contributed by atoms with Crippen LogP contribution in [0.1, 0.15) is 29.5 Å². The van der Waals surface area contributed by atoms with Gasteiger partial charge in [0.15, 0.2) is 0 Å². The zero-order valence-corrected chi connectivity index (χ0v) is 18.9. The maximum Gasteiger partial charge on any atom is 0.243 e. The fourth-order valence-electron chi connectivity index (χ4n) is 3.88. The van der Waals surface area contributed by atoms with Gasteiger partial charge >= 0.3 is 0 Å². The zero-order valence-electron chi connectivity index (χ0n) is 18.1. The summed E-state index contributed by atoms with van der Waals surface area (Å²) in [6, 6.07) is 12.8. The van der Waals surface area contributed by atoms with Crippen LogP contribution in [0.3, 0.4) is 0 Å². The highest BCUT2D eigenvalue weighted by molar-refractivity contribution is 7.89. The van der Waals surface area contributed by atoms with Crippen LogP contribution in [-0.2, 0) is 21.4 Å². The highest BCUT2D eigenvalue weighted by Crippen LogP contribution is 2.27. The summed E-state index contributed by atoms with van der Waals surface area (Å²) < 4.78 is 32.6. The largest absolute Gasteiger partial charge is 0.496 e. The average molecular weight is 431 g/mol. The number of hydrogen-bond acceptors (Lipinski definition) is 4. The molecule has 0 unspecified atom stereocenters. The third kappa shape index (κ3) is 4.84. The number of sulfonamides is 1. The van der Waals surface area contributed by atoms with Gasteiger partial charge in [-0.1, -0.05) is 35.4 Å². The lowest BCUT2D eigenvalue weighted by molar-refractivity contribution is -0.135. The van der Waals surface area contributed by atoms with Crippen molar-refractivity contribution in [2.75, 3.05) is 27.2 Å². The first-order chi connectivity index (χ1) is 14.2. The number of rotatable bonds is 6. The molecule has 1 aliphatic heterocycles. The van der Waals surface area contributed by atoms with Gasteiger partial charge in [-0.05, 0) is 44.9 Å². The number of piperidine rings is 1. The number of aryl methyl sites for hydroxylation is 2. The van der Waals surface area contributed by atoms with E-state index >= 15 is 0 Å². The van der Waals surface area contributed by atoms with Gasteiger partial charge in [0, 0.05) is 38.2 Å². The van der Waals surface area contributed by atoms with E-state index < -0.39 is 10.0 Å². The Hall–Kier alpha value is -2.38. The minimum atomic E-state index is -3.52. The first-order valence-corrected chi connectivity index (χ1v) is 11.6. The van der Waals surface area contributed by atoms with E-state index in [0.717, 1.165) is 22.4 Å². The number of hydrogen-bond donors (Lipinski definition) is 0. The molecule has 1 heterocycles. The normalized spacial score (nSPS) is 15.7. The van der Waals surface area contributed by atoms with E-state index in [1.165, 1.54) is 4.31 Å². The van der Waals surface area contributed by atoms with Gasteiger partial charge in [0.1, 0.15) is 5.75 Å². The molecule has 0 saturated carbocycles. The predicted molar refractivity (Wildman–Crippen MR) is 117 cm³/mol. The van der Waals surface area contributed by atoms with Crippen LogP contribution in [0.25, 0.3) is 0 Å². The van der Waals surface area contributed by atoms with Gasteiger partial charge in [0.05, 0.1) is 12.0 Å². The maximum atomic E-state index is 13.0. The summed E-state index contributed by atoms with van der Waals surface area (Å²) in [6.45, 7) is 5.11. The van der Waals surface area contributed by atoms with Crippen LogP contribution >= 0.6 is 0 Å². The third-order valence-electron chi connectivity index (χ3n) is 5.68. The van der Waals surface area contributed by atoms with Crippen molar-refractivity contribution in [3.05, 3.63) is 59.2 Å². The van der Waals surface area contributed by atoms with Crippen molar-refractivity contribution in [1.82, 2.24) is 9.21 Å². The number of benzene rings is 2. The summed E-state index contributed by atoms with van der Waals surface area (Å²) >= 11 is 0. The SMILES string of the molecule is COc1ccc(C)cc1CN(C)C(=O)C1CCN(S(=O)(=O)c2ccc(C)cc2)CC1. The van der Waals surface area contributed by atoms with Gasteiger partial charge < -0.3 is 9.64 Å². The number of carbonyl (C=O) groups excluding carboxylic acids is 1. The molecule has 0 aliphatic carbocycles. The molecule has 1 amide bonds. The van der Waals surface area contributed by atoms with Gasteiger partial charge in [-0.25, -0.2) is 8.42 Å². The first-order valence-electron chi connectivity index (χ1n) is 10.2. The number of ether oxygens (including phenoxy) is 1. The molecule has 0 aromatic heterocycles. The van der Waals surface area contributed by atoms with E-state index in [2.05, 4.69) is 0 Å². The summed E-state index contributed by atoms with van der Waals surface area (Å²) in [5.41, 5.74) is 3.10. The molecule has 6 nitrogen and oxygen atoms in total. The van der Waals surface area contributed by atoms with Crippen LogP contribution in [0, 0.1) is 19.8 Å². The smallest absolute Gasteiger partial charge is 0.243 e. The molecule has 0 spiro atoms. The van der Waals surface area contributed by atoms with E-state index in [9.17, 15) is 13.2 Å². The Bertz CT molecular complexity index is 994. The Morgan fingerprint density at radius 3 is 2.27 bits per heavy atom. The van der Waals surface area contributed by atoms with Crippen molar-refractivity contribution in [1.29, 1.82) is 0 Å². The predicted octanol–water partition coefficient (Wildman–Crippen LogP) is 3.37. The second-order valence-corrected chi connectivity index (χ2v) is 9.94. The van der Waals surface area contributed by atoms with Crippen molar-refractivity contribution in [3.8, 4) is 5.75 Å². The monoisotopic (exact) mass is 430 g/mol. The van der Waals surface area contributed by atoms with Crippen molar-refractivity contribution in [3.63, 3.8) is 0 Å². The molecule has 0 atom stereocenters. The third-order valence-corrected chi connectivity index (χ3v) is 7.59. The molecule has 1 fully saturated rings. The Balaban J connectivity index is 1.62. The molecule has 1 aliphatic rings. The van der Waals surface area contributed by atoms with Crippen LogP contribution < -0.4 is 4.74 Å². The molecule has 0 radical (unpaired) electrons. The van der Waals surface area contributed by atoms with Crippen molar-refractivity contribution in [2.45, 2.75) is 38.1 Å². The van der Waals surface area contributed by atoms with Gasteiger partial charge in [-0.15, -0.1) is 0 Å². The number of amides is 1. The first kappa shape index (κ1) is 22.3. The van der Waals surface area contributed by atoms with E-state index in [4.69, 9.17) is 4.74 Å². The summed E-state index contributed by atoms with van der Waals surface area (Å²) in [6.07, 6.45) is 1.05. The second kappa shape index (κ2) is 9.18. The summed E-state index contributed by atoms with van der Waals surface area (Å²) in [7, 11) is -0.102. The molecule has 162 valence electrons. The van der Waals surface area contributed by atoms with Crippen molar-refractivity contribution >= 4 is 15.9 Å². The number of nitrogens with zero attached hydrogens (tertiary/aromatic N) is 2. The maximum absolute atomic E-state index is 13.0. The van der Waals surface area contributed by atoms with Crippen molar-refractivity contribution < 1.29 is 17.9 Å². The van der Waals surface area contributed by atoms with Gasteiger partial charge in [-0.3, -0.25) is 4.79 Å². The summed E-state index contributed by atoms with van der Waals surface area (Å²) in [4.78, 5) is 15.0. The van der Waals surface area contributed by atoms with E-state index in [1.807, 2.05) is 32.0 Å². The molecular weight excluding hydrogens is 400 g/mol. The van der Waals surface area contributed by atoms with E-state index in [-0.39, 0.29) is 11.8 Å². The van der Waals surface area contributed by atoms with Gasteiger partial charge in [0.25, 0.3) is 0 Å². The average Bonchev–Trinajstić information content (AvgIpc) is 2.74. The molecule has 1 saturated heterocycles. The van der Waals surface area contributed by atoms with Crippen LogP contribution in [0.4, 0.5) is 0 Å². The topological polar surface area (TPSA) is 66.9 Å². The molecule has 30 heavy (non-hydrogen) atoms. The molecule has 0 N–H and O–H groups in total. The zero-order chi connectivity index (χ0) is 21.9. The Morgan fingerprint density at radius 2 is 1.67 bits per heavy atom. The Kier molecular flexibility index (Phi) is 6.83. The molecule has 0 bridgehead atoms. The summed E-state index contributed by atoms with van der Waals surface area (Å²) in [5.74, 6) is 0.639. The van der Waals surface area contributed by atoms with Gasteiger partial charge in [0.2, 0.25) is 15.9 Å². The van der Waals surface area contributed by atoms with Crippen LogP contribution in [0.2, 0.25) is 0 Å². The van der Waals surface area contributed by atoms with Crippen LogP contribution in [0.5, 0.6) is 5.75 Å². The fourth-order valence-corrected chi connectivity index (χ4v) is 5.35. The number of carbonyl (C=O) groups is 1. The molecule has 7 heteroatoms. The highest BCUT2D eigenvalue weighted by Gasteiger charge is 2.33. The van der Waals surface area contributed by atoms with E-state index in [0.29, 0.717) is 37.4 Å². The molecule has 3 rings (SSSR count).